The maximum atomic E-state index is 12.8. The van der Waals surface area contributed by atoms with Crippen molar-refractivity contribution in [3.05, 3.63) is 30.0 Å². The van der Waals surface area contributed by atoms with Crippen LogP contribution in [0.25, 0.3) is 11.0 Å². The second-order valence-electron chi connectivity index (χ2n) is 7.97. The first-order valence-electron chi connectivity index (χ1n) is 10.6. The summed E-state index contributed by atoms with van der Waals surface area (Å²) in [5.74, 6) is 0.0111. The van der Waals surface area contributed by atoms with Gasteiger partial charge in [-0.15, -0.1) is 0 Å². The lowest BCUT2D eigenvalue weighted by molar-refractivity contribution is -0.145. The van der Waals surface area contributed by atoms with E-state index in [1.54, 1.807) is 0 Å². The lowest BCUT2D eigenvalue weighted by atomic mass is 9.98. The number of hydrogen-bond donors (Lipinski definition) is 0. The standard InChI is InChI=1S/C23H30N4O2/c1-4-17(5-2)15-29-23(28)18(14-24)21-22(27-12-10-16(3)11-13-27)26-20-9-7-6-8-19(20)25-21/h6-9,16-18H,4-5,10-13,15H2,1-3H3/t18-/m0/s1. The van der Waals surface area contributed by atoms with Crippen LogP contribution in [0.4, 0.5) is 5.82 Å². The molecule has 0 spiro atoms. The van der Waals surface area contributed by atoms with E-state index < -0.39 is 11.9 Å². The van der Waals surface area contributed by atoms with Crippen molar-refractivity contribution in [3.8, 4) is 6.07 Å². The molecular formula is C23H30N4O2. The van der Waals surface area contributed by atoms with Crippen LogP contribution in [0.15, 0.2) is 24.3 Å². The number of carbonyl (C=O) groups is 1. The van der Waals surface area contributed by atoms with Crippen LogP contribution in [-0.2, 0) is 9.53 Å². The van der Waals surface area contributed by atoms with Gasteiger partial charge < -0.3 is 9.64 Å². The second-order valence-corrected chi connectivity index (χ2v) is 7.97. The highest BCUT2D eigenvalue weighted by Crippen LogP contribution is 2.31. The molecular weight excluding hydrogens is 364 g/mol. The first-order chi connectivity index (χ1) is 14.1. The molecule has 0 amide bonds. The molecule has 0 saturated carbocycles. The van der Waals surface area contributed by atoms with Crippen molar-refractivity contribution in [2.24, 2.45) is 11.8 Å². The third-order valence-electron chi connectivity index (χ3n) is 5.92. The Balaban J connectivity index is 1.95. The SMILES string of the molecule is CCC(CC)COC(=O)[C@@H](C#N)c1nc2ccccc2nc1N1CCC(C)CC1. The van der Waals surface area contributed by atoms with Gasteiger partial charge in [-0.05, 0) is 36.8 Å². The smallest absolute Gasteiger partial charge is 0.329 e. The molecule has 1 aliphatic rings. The molecule has 1 aromatic carbocycles. The molecule has 6 nitrogen and oxygen atoms in total. The zero-order valence-corrected chi connectivity index (χ0v) is 17.6. The quantitative estimate of drug-likeness (QED) is 0.646. The fraction of sp³-hybridized carbons (Fsp3) is 0.565. The van der Waals surface area contributed by atoms with E-state index in [0.717, 1.165) is 44.3 Å². The van der Waals surface area contributed by atoms with E-state index in [4.69, 9.17) is 14.7 Å². The molecule has 2 heterocycles. The molecule has 154 valence electrons. The number of fused-ring (bicyclic) bond motifs is 1. The van der Waals surface area contributed by atoms with Crippen LogP contribution in [0.1, 0.15) is 58.1 Å². The number of anilines is 1. The minimum Gasteiger partial charge on any atom is -0.464 e. The highest BCUT2D eigenvalue weighted by Gasteiger charge is 2.31. The first-order valence-corrected chi connectivity index (χ1v) is 10.6. The van der Waals surface area contributed by atoms with Gasteiger partial charge in [0.1, 0.15) is 5.69 Å². The van der Waals surface area contributed by atoms with E-state index in [2.05, 4.69) is 31.7 Å². The van der Waals surface area contributed by atoms with Gasteiger partial charge in [0, 0.05) is 13.1 Å². The van der Waals surface area contributed by atoms with Crippen molar-refractivity contribution in [3.63, 3.8) is 0 Å². The first kappa shape index (κ1) is 21.0. The fourth-order valence-corrected chi connectivity index (χ4v) is 3.68. The summed E-state index contributed by atoms with van der Waals surface area (Å²) in [5.41, 5.74) is 1.87. The molecule has 1 aliphatic heterocycles. The van der Waals surface area contributed by atoms with Crippen LogP contribution in [-0.4, -0.2) is 35.6 Å². The van der Waals surface area contributed by atoms with Gasteiger partial charge in [0.25, 0.3) is 0 Å². The van der Waals surface area contributed by atoms with Gasteiger partial charge in [0.05, 0.1) is 23.7 Å². The number of piperidine rings is 1. The number of nitrogens with zero attached hydrogens (tertiary/aromatic N) is 4. The maximum Gasteiger partial charge on any atom is 0.329 e. The molecule has 1 fully saturated rings. The van der Waals surface area contributed by atoms with Crippen LogP contribution in [0.2, 0.25) is 0 Å². The molecule has 0 N–H and O–H groups in total. The zero-order valence-electron chi connectivity index (χ0n) is 17.6. The van der Waals surface area contributed by atoms with E-state index in [1.807, 2.05) is 24.3 Å². The maximum absolute atomic E-state index is 12.8. The molecule has 1 atom stereocenters. The van der Waals surface area contributed by atoms with Crippen LogP contribution in [0, 0.1) is 23.2 Å². The Kier molecular flexibility index (Phi) is 7.03. The average molecular weight is 395 g/mol. The molecule has 29 heavy (non-hydrogen) atoms. The van der Waals surface area contributed by atoms with Gasteiger partial charge in [-0.2, -0.15) is 5.26 Å². The molecule has 1 aromatic heterocycles. The van der Waals surface area contributed by atoms with Gasteiger partial charge in [-0.3, -0.25) is 4.79 Å². The van der Waals surface area contributed by atoms with E-state index in [-0.39, 0.29) is 0 Å². The molecule has 0 unspecified atom stereocenters. The van der Waals surface area contributed by atoms with E-state index in [1.165, 1.54) is 0 Å². The number of ether oxygens (including phenoxy) is 1. The summed E-state index contributed by atoms with van der Waals surface area (Å²) in [7, 11) is 0. The minimum absolute atomic E-state index is 0.309. The Bertz CT molecular complexity index is 880. The number of para-hydroxylation sites is 2. The van der Waals surface area contributed by atoms with Crippen LogP contribution < -0.4 is 4.90 Å². The molecule has 0 aliphatic carbocycles. The van der Waals surface area contributed by atoms with Crippen molar-refractivity contribution >= 4 is 22.8 Å². The van der Waals surface area contributed by atoms with E-state index in [9.17, 15) is 10.1 Å². The minimum atomic E-state index is -1.07. The Morgan fingerprint density at radius 1 is 1.21 bits per heavy atom. The van der Waals surface area contributed by atoms with E-state index in [0.29, 0.717) is 35.5 Å². The van der Waals surface area contributed by atoms with E-state index >= 15 is 0 Å². The number of hydrogen-bond acceptors (Lipinski definition) is 6. The van der Waals surface area contributed by atoms with Crippen molar-refractivity contribution in [1.82, 2.24) is 9.97 Å². The predicted molar refractivity (Wildman–Crippen MR) is 114 cm³/mol. The number of nitriles is 1. The Morgan fingerprint density at radius 3 is 2.41 bits per heavy atom. The monoisotopic (exact) mass is 394 g/mol. The van der Waals surface area contributed by atoms with Crippen LogP contribution >= 0.6 is 0 Å². The van der Waals surface area contributed by atoms with Gasteiger partial charge >= 0.3 is 5.97 Å². The summed E-state index contributed by atoms with van der Waals surface area (Å²) in [6.45, 7) is 8.44. The summed E-state index contributed by atoms with van der Waals surface area (Å²) in [4.78, 5) is 24.5. The van der Waals surface area contributed by atoms with Gasteiger partial charge in [0.2, 0.25) is 0 Å². The molecule has 0 radical (unpaired) electrons. The number of esters is 1. The average Bonchev–Trinajstić information content (AvgIpc) is 2.75. The Morgan fingerprint density at radius 2 is 1.83 bits per heavy atom. The highest BCUT2D eigenvalue weighted by molar-refractivity contribution is 5.85. The van der Waals surface area contributed by atoms with Crippen molar-refractivity contribution in [2.75, 3.05) is 24.6 Å². The van der Waals surface area contributed by atoms with Crippen molar-refractivity contribution < 1.29 is 9.53 Å². The largest absolute Gasteiger partial charge is 0.464 e. The summed E-state index contributed by atoms with van der Waals surface area (Å²) < 4.78 is 5.52. The molecule has 1 saturated heterocycles. The summed E-state index contributed by atoms with van der Waals surface area (Å²) in [6, 6.07) is 9.70. The van der Waals surface area contributed by atoms with Crippen LogP contribution in [0.5, 0.6) is 0 Å². The van der Waals surface area contributed by atoms with Gasteiger partial charge in [-0.25, -0.2) is 9.97 Å². The molecule has 2 aromatic rings. The lowest BCUT2D eigenvalue weighted by Gasteiger charge is -2.32. The summed E-state index contributed by atoms with van der Waals surface area (Å²) >= 11 is 0. The third kappa shape index (κ3) is 4.84. The topological polar surface area (TPSA) is 79.1 Å². The lowest BCUT2D eigenvalue weighted by Crippen LogP contribution is -2.35. The number of benzene rings is 1. The normalized spacial score (nSPS) is 16.0. The number of rotatable bonds is 7. The van der Waals surface area contributed by atoms with Crippen molar-refractivity contribution in [2.45, 2.75) is 52.4 Å². The fourth-order valence-electron chi connectivity index (χ4n) is 3.68. The highest BCUT2D eigenvalue weighted by atomic mass is 16.5. The Labute approximate surface area is 172 Å². The zero-order chi connectivity index (χ0) is 20.8. The van der Waals surface area contributed by atoms with Crippen molar-refractivity contribution in [1.29, 1.82) is 5.26 Å². The van der Waals surface area contributed by atoms with Gasteiger partial charge in [-0.1, -0.05) is 45.7 Å². The third-order valence-corrected chi connectivity index (χ3v) is 5.92. The van der Waals surface area contributed by atoms with Gasteiger partial charge in [0.15, 0.2) is 11.7 Å². The summed E-state index contributed by atoms with van der Waals surface area (Å²) in [6.07, 6.45) is 4.00. The number of carbonyl (C=O) groups excluding carboxylic acids is 1. The predicted octanol–water partition coefficient (Wildman–Crippen LogP) is 4.45. The summed E-state index contributed by atoms with van der Waals surface area (Å²) in [5, 5.41) is 9.83. The molecule has 6 heteroatoms. The second kappa shape index (κ2) is 9.69. The molecule has 3 rings (SSSR count). The Hall–Kier alpha value is -2.68. The van der Waals surface area contributed by atoms with Crippen LogP contribution in [0.3, 0.4) is 0 Å². The number of aromatic nitrogens is 2. The molecule has 0 bridgehead atoms.